The molecule has 0 amide bonds. The first-order valence-corrected chi connectivity index (χ1v) is 6.14. The third-order valence-electron chi connectivity index (χ3n) is 2.95. The topological polar surface area (TPSA) is 34.1 Å². The second kappa shape index (κ2) is 5.85. The van der Waals surface area contributed by atoms with Gasteiger partial charge in [-0.2, -0.15) is 0 Å². The first kappa shape index (κ1) is 11.4. The van der Waals surface area contributed by atoms with E-state index in [9.17, 15) is 0 Å². The summed E-state index contributed by atoms with van der Waals surface area (Å²) in [6.45, 7) is 3.62. The lowest BCUT2D eigenvalue weighted by Crippen LogP contribution is -2.15. The molecule has 0 aromatic carbocycles. The summed E-state index contributed by atoms with van der Waals surface area (Å²) >= 11 is 0. The molecule has 1 aliphatic rings. The maximum absolute atomic E-state index is 5.76. The minimum atomic E-state index is 0.507. The zero-order chi connectivity index (χ0) is 11.2. The van der Waals surface area contributed by atoms with Gasteiger partial charge in [-0.05, 0) is 31.9 Å². The highest BCUT2D eigenvalue weighted by molar-refractivity contribution is 5.34. The molecule has 0 spiro atoms. The van der Waals surface area contributed by atoms with Gasteiger partial charge in [0.15, 0.2) is 0 Å². The number of ether oxygens (including phenoxy) is 1. The summed E-state index contributed by atoms with van der Waals surface area (Å²) in [6.07, 6.45) is 5.65. The predicted octanol–water partition coefficient (Wildman–Crippen LogP) is 2.76. The van der Waals surface area contributed by atoms with Crippen LogP contribution in [0.3, 0.4) is 0 Å². The number of pyridine rings is 1. The van der Waals surface area contributed by atoms with Crippen molar-refractivity contribution >= 4 is 5.82 Å². The molecule has 1 fully saturated rings. The van der Waals surface area contributed by atoms with Crippen LogP contribution in [0.25, 0.3) is 0 Å². The average Bonchev–Trinajstić information content (AvgIpc) is 2.77. The van der Waals surface area contributed by atoms with Gasteiger partial charge in [-0.15, -0.1) is 0 Å². The van der Waals surface area contributed by atoms with Crippen molar-refractivity contribution in [2.45, 2.75) is 38.7 Å². The van der Waals surface area contributed by atoms with Gasteiger partial charge in [-0.25, -0.2) is 4.98 Å². The van der Waals surface area contributed by atoms with Crippen LogP contribution in [0, 0.1) is 6.92 Å². The molecule has 88 valence electrons. The van der Waals surface area contributed by atoms with Gasteiger partial charge in [0.25, 0.3) is 0 Å². The highest BCUT2D eigenvalue weighted by Gasteiger charge is 2.14. The number of anilines is 1. The highest BCUT2D eigenvalue weighted by Crippen LogP contribution is 2.20. The maximum atomic E-state index is 5.76. The number of nitrogens with one attached hydrogen (secondary N) is 1. The van der Waals surface area contributed by atoms with Crippen LogP contribution in [0.4, 0.5) is 5.82 Å². The predicted molar refractivity (Wildman–Crippen MR) is 65.7 cm³/mol. The Kier molecular flexibility index (Phi) is 4.17. The molecule has 1 aliphatic carbocycles. The molecule has 1 aromatic heterocycles. The average molecular weight is 220 g/mol. The second-order valence-electron chi connectivity index (χ2n) is 4.37. The second-order valence-corrected chi connectivity index (χ2v) is 4.37. The molecule has 2 rings (SSSR count). The summed E-state index contributed by atoms with van der Waals surface area (Å²) in [5, 5.41) is 3.27. The molecule has 0 aliphatic heterocycles. The molecule has 0 saturated heterocycles. The van der Waals surface area contributed by atoms with Crippen molar-refractivity contribution in [3.8, 4) is 0 Å². The number of aryl methyl sites for hydroxylation is 1. The molecule has 1 aromatic rings. The van der Waals surface area contributed by atoms with E-state index in [4.69, 9.17) is 4.74 Å². The minimum absolute atomic E-state index is 0.507. The number of hydrogen-bond donors (Lipinski definition) is 1. The zero-order valence-corrected chi connectivity index (χ0v) is 9.91. The number of nitrogens with zero attached hydrogens (tertiary/aromatic N) is 1. The molecule has 16 heavy (non-hydrogen) atoms. The summed E-state index contributed by atoms with van der Waals surface area (Å²) in [7, 11) is 0. The smallest absolute Gasteiger partial charge is 0.126 e. The fraction of sp³-hybridized carbons (Fsp3) is 0.615. The van der Waals surface area contributed by atoms with Gasteiger partial charge in [0.05, 0.1) is 12.7 Å². The van der Waals surface area contributed by atoms with Crippen molar-refractivity contribution in [2.24, 2.45) is 0 Å². The monoisotopic (exact) mass is 220 g/mol. The summed E-state index contributed by atoms with van der Waals surface area (Å²) in [5.74, 6) is 0.940. The van der Waals surface area contributed by atoms with Crippen LogP contribution in [-0.2, 0) is 4.74 Å². The van der Waals surface area contributed by atoms with E-state index < -0.39 is 0 Å². The summed E-state index contributed by atoms with van der Waals surface area (Å²) in [6, 6.07) is 6.01. The van der Waals surface area contributed by atoms with Crippen LogP contribution < -0.4 is 5.32 Å². The first-order chi connectivity index (χ1) is 7.84. The van der Waals surface area contributed by atoms with Crippen molar-refractivity contribution in [1.82, 2.24) is 4.98 Å². The molecule has 0 bridgehead atoms. The fourth-order valence-electron chi connectivity index (χ4n) is 2.10. The number of aromatic nitrogens is 1. The molecule has 3 heteroatoms. The van der Waals surface area contributed by atoms with Gasteiger partial charge in [-0.3, -0.25) is 0 Å². The van der Waals surface area contributed by atoms with Crippen LogP contribution in [0.15, 0.2) is 18.2 Å². The largest absolute Gasteiger partial charge is 0.376 e. The Balaban J connectivity index is 1.64. The van der Waals surface area contributed by atoms with Gasteiger partial charge >= 0.3 is 0 Å². The highest BCUT2D eigenvalue weighted by atomic mass is 16.5. The number of rotatable bonds is 5. The molecular weight excluding hydrogens is 200 g/mol. The van der Waals surface area contributed by atoms with Crippen molar-refractivity contribution < 1.29 is 4.74 Å². The van der Waals surface area contributed by atoms with E-state index in [1.165, 1.54) is 25.7 Å². The molecule has 1 saturated carbocycles. The van der Waals surface area contributed by atoms with Crippen molar-refractivity contribution in [3.05, 3.63) is 23.9 Å². The zero-order valence-electron chi connectivity index (χ0n) is 9.91. The Labute approximate surface area is 97.2 Å². The minimum Gasteiger partial charge on any atom is -0.376 e. The van der Waals surface area contributed by atoms with Crippen LogP contribution in [0.2, 0.25) is 0 Å². The molecule has 3 nitrogen and oxygen atoms in total. The standard InChI is InChI=1S/C13H20N2O/c1-11-5-4-8-13(15-11)14-9-10-16-12-6-2-3-7-12/h4-5,8,12H,2-3,6-7,9-10H2,1H3,(H,14,15). The lowest BCUT2D eigenvalue weighted by atomic mass is 10.3. The Morgan fingerprint density at radius 2 is 2.19 bits per heavy atom. The van der Waals surface area contributed by atoms with E-state index in [0.717, 1.165) is 24.7 Å². The Morgan fingerprint density at radius 3 is 2.94 bits per heavy atom. The molecular formula is C13H20N2O. The van der Waals surface area contributed by atoms with E-state index in [0.29, 0.717) is 6.10 Å². The molecule has 0 atom stereocenters. The molecule has 1 heterocycles. The van der Waals surface area contributed by atoms with Crippen molar-refractivity contribution in [1.29, 1.82) is 0 Å². The molecule has 0 unspecified atom stereocenters. The Hall–Kier alpha value is -1.09. The molecule has 0 radical (unpaired) electrons. The summed E-state index contributed by atoms with van der Waals surface area (Å²) < 4.78 is 5.76. The van der Waals surface area contributed by atoms with Crippen molar-refractivity contribution in [3.63, 3.8) is 0 Å². The Morgan fingerprint density at radius 1 is 1.38 bits per heavy atom. The summed E-state index contributed by atoms with van der Waals surface area (Å²) in [4.78, 5) is 4.38. The fourth-order valence-corrected chi connectivity index (χ4v) is 2.10. The van der Waals surface area contributed by atoms with Gasteiger partial charge in [-0.1, -0.05) is 18.9 Å². The normalized spacial score (nSPS) is 16.6. The lowest BCUT2D eigenvalue weighted by molar-refractivity contribution is 0.0658. The van der Waals surface area contributed by atoms with E-state index in [1.54, 1.807) is 0 Å². The van der Waals surface area contributed by atoms with Crippen LogP contribution in [0.1, 0.15) is 31.4 Å². The van der Waals surface area contributed by atoms with E-state index >= 15 is 0 Å². The van der Waals surface area contributed by atoms with Gasteiger partial charge in [0, 0.05) is 12.2 Å². The van der Waals surface area contributed by atoms with Crippen molar-refractivity contribution in [2.75, 3.05) is 18.5 Å². The van der Waals surface area contributed by atoms with E-state index in [-0.39, 0.29) is 0 Å². The van der Waals surface area contributed by atoms with Gasteiger partial charge < -0.3 is 10.1 Å². The Bertz CT molecular complexity index is 321. The SMILES string of the molecule is Cc1cccc(NCCOC2CCCC2)n1. The van der Waals surface area contributed by atoms with Crippen LogP contribution in [-0.4, -0.2) is 24.2 Å². The van der Waals surface area contributed by atoms with E-state index in [1.807, 2.05) is 25.1 Å². The van der Waals surface area contributed by atoms with Crippen LogP contribution >= 0.6 is 0 Å². The van der Waals surface area contributed by atoms with Gasteiger partial charge in [0.1, 0.15) is 5.82 Å². The van der Waals surface area contributed by atoms with Gasteiger partial charge in [0.2, 0.25) is 0 Å². The maximum Gasteiger partial charge on any atom is 0.126 e. The molecule has 1 N–H and O–H groups in total. The third kappa shape index (κ3) is 3.49. The lowest BCUT2D eigenvalue weighted by Gasteiger charge is -2.11. The summed E-state index contributed by atoms with van der Waals surface area (Å²) in [5.41, 5.74) is 1.04. The van der Waals surface area contributed by atoms with E-state index in [2.05, 4.69) is 10.3 Å². The quantitative estimate of drug-likeness (QED) is 0.775. The first-order valence-electron chi connectivity index (χ1n) is 6.14. The number of hydrogen-bond acceptors (Lipinski definition) is 3. The van der Waals surface area contributed by atoms with Crippen LogP contribution in [0.5, 0.6) is 0 Å². The third-order valence-corrected chi connectivity index (χ3v) is 2.95.